The summed E-state index contributed by atoms with van der Waals surface area (Å²) in [5.74, 6) is 1.44. The van der Waals surface area contributed by atoms with E-state index in [1.165, 1.54) is 6.42 Å². The zero-order valence-corrected chi connectivity index (χ0v) is 12.9. The monoisotopic (exact) mass is 263 g/mol. The van der Waals surface area contributed by atoms with Crippen molar-refractivity contribution < 1.29 is 10.3 Å². The van der Waals surface area contributed by atoms with Gasteiger partial charge in [-0.1, -0.05) is 33.8 Å². The quantitative estimate of drug-likeness (QED) is 0.782. The van der Waals surface area contributed by atoms with Crippen LogP contribution in [0.15, 0.2) is 23.3 Å². The number of hydrogen-bond donors (Lipinski definition) is 1. The molecule has 1 unspecified atom stereocenters. The number of hydrogen-bond acceptors (Lipinski definition) is 2. The molecule has 0 bridgehead atoms. The van der Waals surface area contributed by atoms with Crippen molar-refractivity contribution in [3.05, 3.63) is 23.8 Å². The Kier molecular flexibility index (Phi) is 5.52. The first kappa shape index (κ1) is 15.7. The summed E-state index contributed by atoms with van der Waals surface area (Å²) in [6, 6.07) is 5.87. The third kappa shape index (κ3) is 5.86. The minimum absolute atomic E-state index is 0.375. The fourth-order valence-electron chi connectivity index (χ4n) is 2.36. The lowest BCUT2D eigenvalue weighted by Crippen LogP contribution is -2.22. The standard InChI is InChI=1S/C16H26N2O/c1-12-6-7-14(18-17)15(10-12)19-9-8-13(2)11-16(3,4)5/h6-7,10,13,17H,8-9,11H2,1-5H3/p+1. The first-order valence-corrected chi connectivity index (χ1v) is 6.96. The summed E-state index contributed by atoms with van der Waals surface area (Å²) in [5.41, 5.74) is 7.61. The van der Waals surface area contributed by atoms with Gasteiger partial charge in [-0.15, -0.1) is 0 Å². The summed E-state index contributed by atoms with van der Waals surface area (Å²) < 4.78 is 5.82. The summed E-state index contributed by atoms with van der Waals surface area (Å²) >= 11 is 0. The van der Waals surface area contributed by atoms with Crippen LogP contribution < -0.4 is 10.3 Å². The molecule has 0 amide bonds. The van der Waals surface area contributed by atoms with Crippen molar-refractivity contribution in [3.63, 3.8) is 0 Å². The summed E-state index contributed by atoms with van der Waals surface area (Å²) in [5, 5.41) is 3.74. The van der Waals surface area contributed by atoms with E-state index >= 15 is 0 Å². The van der Waals surface area contributed by atoms with Crippen LogP contribution in [0.1, 0.15) is 46.1 Å². The molecule has 0 aromatic heterocycles. The topological polar surface area (TPSA) is 47.2 Å². The predicted molar refractivity (Wildman–Crippen MR) is 78.5 cm³/mol. The van der Waals surface area contributed by atoms with E-state index in [1.807, 2.05) is 25.1 Å². The maximum atomic E-state index is 5.82. The first-order valence-electron chi connectivity index (χ1n) is 6.96. The van der Waals surface area contributed by atoms with E-state index in [0.717, 1.165) is 17.7 Å². The molecule has 1 rings (SSSR count). The molecule has 1 atom stereocenters. The molecule has 0 fully saturated rings. The highest BCUT2D eigenvalue weighted by Gasteiger charge is 2.15. The lowest BCUT2D eigenvalue weighted by molar-refractivity contribution is -0.210. The van der Waals surface area contributed by atoms with Gasteiger partial charge in [0, 0.05) is 0 Å². The highest BCUT2D eigenvalue weighted by Crippen LogP contribution is 2.29. The van der Waals surface area contributed by atoms with Crippen LogP contribution in [-0.2, 0) is 0 Å². The second kappa shape index (κ2) is 6.69. The van der Waals surface area contributed by atoms with Crippen LogP contribution in [0, 0.1) is 18.3 Å². The fourth-order valence-corrected chi connectivity index (χ4v) is 2.36. The van der Waals surface area contributed by atoms with Gasteiger partial charge >= 0.3 is 0 Å². The van der Waals surface area contributed by atoms with Crippen molar-refractivity contribution in [3.8, 4) is 5.75 Å². The Labute approximate surface area is 116 Å². The van der Waals surface area contributed by atoms with E-state index in [4.69, 9.17) is 10.3 Å². The Bertz CT molecular complexity index is 421. The van der Waals surface area contributed by atoms with Crippen molar-refractivity contribution in [1.29, 1.82) is 0 Å². The van der Waals surface area contributed by atoms with Gasteiger partial charge < -0.3 is 4.74 Å². The molecule has 0 saturated heterocycles. The third-order valence-electron chi connectivity index (χ3n) is 3.08. The van der Waals surface area contributed by atoms with Crippen LogP contribution in [0.4, 0.5) is 5.69 Å². The largest absolute Gasteiger partial charge is 0.491 e. The highest BCUT2D eigenvalue weighted by atomic mass is 16.5. The summed E-state index contributed by atoms with van der Waals surface area (Å²) in [6.07, 6.45) is 2.26. The lowest BCUT2D eigenvalue weighted by atomic mass is 9.84. The van der Waals surface area contributed by atoms with Gasteiger partial charge in [0.15, 0.2) is 11.4 Å². The van der Waals surface area contributed by atoms with E-state index in [9.17, 15) is 0 Å². The molecule has 0 radical (unpaired) electrons. The maximum Gasteiger partial charge on any atom is 0.171 e. The molecular weight excluding hydrogens is 236 g/mol. The van der Waals surface area contributed by atoms with Crippen LogP contribution >= 0.6 is 0 Å². The Morgan fingerprint density at radius 2 is 2.00 bits per heavy atom. The zero-order valence-electron chi connectivity index (χ0n) is 12.9. The average molecular weight is 263 g/mol. The van der Waals surface area contributed by atoms with Crippen molar-refractivity contribution in [2.45, 2.75) is 47.5 Å². The number of ether oxygens (including phenoxy) is 1. The number of benzene rings is 1. The molecule has 3 nitrogen and oxygen atoms in total. The maximum absolute atomic E-state index is 5.82. The van der Waals surface area contributed by atoms with Gasteiger partial charge in [-0.05, 0) is 53.9 Å². The minimum atomic E-state index is 0.375. The smallest absolute Gasteiger partial charge is 0.171 e. The molecule has 106 valence electrons. The number of rotatable bonds is 6. The van der Waals surface area contributed by atoms with E-state index in [-0.39, 0.29) is 0 Å². The summed E-state index contributed by atoms with van der Waals surface area (Å²) in [6.45, 7) is 11.8. The molecular formula is C16H27N2O+. The molecule has 0 heterocycles. The molecule has 0 aliphatic rings. The molecule has 0 aliphatic heterocycles. The SMILES string of the molecule is Cc1ccc(N=[NH2+])c(OCCC(C)CC(C)(C)C)c1. The van der Waals surface area contributed by atoms with Gasteiger partial charge in [0.25, 0.3) is 0 Å². The van der Waals surface area contributed by atoms with Gasteiger partial charge in [-0.3, -0.25) is 0 Å². The van der Waals surface area contributed by atoms with Gasteiger partial charge in [0.2, 0.25) is 0 Å². The molecule has 3 heteroatoms. The van der Waals surface area contributed by atoms with Crippen LogP contribution in [0.5, 0.6) is 5.75 Å². The molecule has 1 aromatic carbocycles. The first-order chi connectivity index (χ1) is 8.81. The Morgan fingerprint density at radius 1 is 1.32 bits per heavy atom. The predicted octanol–water partition coefficient (Wildman–Crippen LogP) is 3.68. The van der Waals surface area contributed by atoms with E-state index in [2.05, 4.69) is 32.8 Å². The zero-order chi connectivity index (χ0) is 14.5. The summed E-state index contributed by atoms with van der Waals surface area (Å²) in [4.78, 5) is 0. The van der Waals surface area contributed by atoms with Gasteiger partial charge in [0.1, 0.15) is 0 Å². The normalized spacial score (nSPS) is 13.1. The number of aryl methyl sites for hydroxylation is 1. The van der Waals surface area contributed by atoms with Gasteiger partial charge in [-0.25, -0.2) is 0 Å². The molecule has 1 aromatic rings. The van der Waals surface area contributed by atoms with Gasteiger partial charge in [-0.2, -0.15) is 5.53 Å². The van der Waals surface area contributed by atoms with E-state index in [1.54, 1.807) is 0 Å². The second-order valence-corrected chi connectivity index (χ2v) is 6.61. The minimum Gasteiger partial charge on any atom is -0.491 e. The molecule has 0 saturated carbocycles. The van der Waals surface area contributed by atoms with Crippen molar-refractivity contribution >= 4 is 5.69 Å². The van der Waals surface area contributed by atoms with E-state index < -0.39 is 0 Å². The molecule has 2 N–H and O–H groups in total. The molecule has 0 aliphatic carbocycles. The Hall–Kier alpha value is -1.38. The van der Waals surface area contributed by atoms with Crippen LogP contribution in [0.3, 0.4) is 0 Å². The van der Waals surface area contributed by atoms with Crippen LogP contribution in [0.2, 0.25) is 0 Å². The number of nitrogens with zero attached hydrogens (tertiary/aromatic N) is 1. The van der Waals surface area contributed by atoms with Crippen molar-refractivity contribution in [1.82, 2.24) is 0 Å². The van der Waals surface area contributed by atoms with Crippen molar-refractivity contribution in [2.24, 2.45) is 16.4 Å². The number of nitrogens with two attached hydrogens (primary N) is 1. The van der Waals surface area contributed by atoms with Crippen LogP contribution in [0.25, 0.3) is 0 Å². The van der Waals surface area contributed by atoms with Crippen LogP contribution in [-0.4, -0.2) is 6.61 Å². The van der Waals surface area contributed by atoms with Gasteiger partial charge in [0.05, 0.1) is 6.61 Å². The highest BCUT2D eigenvalue weighted by molar-refractivity contribution is 5.52. The Morgan fingerprint density at radius 3 is 2.58 bits per heavy atom. The van der Waals surface area contributed by atoms with E-state index in [0.29, 0.717) is 23.6 Å². The lowest BCUT2D eigenvalue weighted by Gasteiger charge is -2.23. The summed E-state index contributed by atoms with van der Waals surface area (Å²) in [7, 11) is 0. The Balaban J connectivity index is 2.49. The molecule has 0 spiro atoms. The van der Waals surface area contributed by atoms with Crippen molar-refractivity contribution in [2.75, 3.05) is 6.61 Å². The average Bonchev–Trinajstić information content (AvgIpc) is 2.27. The second-order valence-electron chi connectivity index (χ2n) is 6.61. The molecule has 19 heavy (non-hydrogen) atoms. The fraction of sp³-hybridized carbons (Fsp3) is 0.625. The third-order valence-corrected chi connectivity index (χ3v) is 3.08.